The van der Waals surface area contributed by atoms with E-state index in [1.165, 1.54) is 5.56 Å². The predicted molar refractivity (Wildman–Crippen MR) is 93.2 cm³/mol. The van der Waals surface area contributed by atoms with E-state index in [0.29, 0.717) is 5.88 Å². The summed E-state index contributed by atoms with van der Waals surface area (Å²) < 4.78 is 1.96. The molecule has 2 unspecified atom stereocenters. The molecule has 3 rings (SSSR count). The Morgan fingerprint density at radius 2 is 2.09 bits per heavy atom. The van der Waals surface area contributed by atoms with Crippen LogP contribution in [0.25, 0.3) is 11.1 Å². The molecule has 1 aromatic carbocycles. The van der Waals surface area contributed by atoms with Crippen LogP contribution in [0.3, 0.4) is 0 Å². The number of rotatable bonds is 5. The topological polar surface area (TPSA) is 22.0 Å². The number of halogens is 2. The SMILES string of the molecule is Cn1cc(-c2cccc(CCCCl)c2)c(=O)c(C2CC2Cl)c1. The quantitative estimate of drug-likeness (QED) is 0.746. The lowest BCUT2D eigenvalue weighted by atomic mass is 10.00. The van der Waals surface area contributed by atoms with Crippen molar-refractivity contribution in [3.63, 3.8) is 0 Å². The Kier molecular flexibility index (Phi) is 4.60. The summed E-state index contributed by atoms with van der Waals surface area (Å²) in [4.78, 5) is 12.8. The number of pyridine rings is 1. The number of nitrogens with zero attached hydrogens (tertiary/aromatic N) is 1. The molecule has 0 saturated heterocycles. The van der Waals surface area contributed by atoms with E-state index in [9.17, 15) is 4.79 Å². The molecule has 0 amide bonds. The van der Waals surface area contributed by atoms with Gasteiger partial charge in [-0.2, -0.15) is 0 Å². The monoisotopic (exact) mass is 335 g/mol. The van der Waals surface area contributed by atoms with Gasteiger partial charge in [0.05, 0.1) is 0 Å². The molecule has 1 aliphatic carbocycles. The van der Waals surface area contributed by atoms with Crippen molar-refractivity contribution in [1.29, 1.82) is 0 Å². The minimum Gasteiger partial charge on any atom is -0.356 e. The first-order valence-corrected chi connectivity index (χ1v) is 8.56. The summed E-state index contributed by atoms with van der Waals surface area (Å²) in [5.41, 5.74) is 3.89. The van der Waals surface area contributed by atoms with Crippen LogP contribution in [0.5, 0.6) is 0 Å². The molecule has 22 heavy (non-hydrogen) atoms. The van der Waals surface area contributed by atoms with Gasteiger partial charge in [-0.05, 0) is 30.4 Å². The number of aryl methyl sites for hydroxylation is 2. The smallest absolute Gasteiger partial charge is 0.192 e. The second-order valence-corrected chi connectivity index (χ2v) is 6.91. The first-order valence-electron chi connectivity index (χ1n) is 7.59. The van der Waals surface area contributed by atoms with Crippen molar-refractivity contribution in [2.24, 2.45) is 7.05 Å². The van der Waals surface area contributed by atoms with Gasteiger partial charge in [0.1, 0.15) is 0 Å². The van der Waals surface area contributed by atoms with Gasteiger partial charge in [0.25, 0.3) is 0 Å². The highest BCUT2D eigenvalue weighted by Crippen LogP contribution is 2.44. The van der Waals surface area contributed by atoms with Crippen LogP contribution in [0.15, 0.2) is 41.5 Å². The molecule has 116 valence electrons. The Balaban J connectivity index is 2.01. The fourth-order valence-electron chi connectivity index (χ4n) is 2.85. The largest absolute Gasteiger partial charge is 0.356 e. The molecule has 2 atom stereocenters. The highest BCUT2D eigenvalue weighted by molar-refractivity contribution is 6.23. The molecular formula is C18H19Cl2NO. The third-order valence-corrected chi connectivity index (χ3v) is 4.88. The highest BCUT2D eigenvalue weighted by atomic mass is 35.5. The van der Waals surface area contributed by atoms with Crippen LogP contribution in [0.4, 0.5) is 0 Å². The maximum Gasteiger partial charge on any atom is 0.192 e. The normalized spacial score (nSPS) is 20.1. The summed E-state index contributed by atoms with van der Waals surface area (Å²) >= 11 is 11.9. The Morgan fingerprint density at radius 1 is 1.32 bits per heavy atom. The lowest BCUT2D eigenvalue weighted by molar-refractivity contribution is 0.874. The van der Waals surface area contributed by atoms with Crippen molar-refractivity contribution in [3.8, 4) is 11.1 Å². The molecule has 0 bridgehead atoms. The van der Waals surface area contributed by atoms with E-state index in [4.69, 9.17) is 23.2 Å². The van der Waals surface area contributed by atoms with Crippen LogP contribution in [-0.4, -0.2) is 15.8 Å². The van der Waals surface area contributed by atoms with Crippen molar-refractivity contribution >= 4 is 23.2 Å². The van der Waals surface area contributed by atoms with Crippen LogP contribution in [0.2, 0.25) is 0 Å². The van der Waals surface area contributed by atoms with E-state index in [0.717, 1.165) is 36.0 Å². The zero-order valence-corrected chi connectivity index (χ0v) is 14.1. The second-order valence-electron chi connectivity index (χ2n) is 5.97. The number of hydrogen-bond acceptors (Lipinski definition) is 1. The number of aromatic nitrogens is 1. The van der Waals surface area contributed by atoms with Gasteiger partial charge in [0, 0.05) is 47.7 Å². The van der Waals surface area contributed by atoms with Gasteiger partial charge in [0.2, 0.25) is 0 Å². The van der Waals surface area contributed by atoms with Crippen LogP contribution in [0, 0.1) is 0 Å². The fourth-order valence-corrected chi connectivity index (χ4v) is 3.32. The molecular weight excluding hydrogens is 317 g/mol. The zero-order chi connectivity index (χ0) is 15.7. The van der Waals surface area contributed by atoms with Gasteiger partial charge in [-0.25, -0.2) is 0 Å². The molecule has 0 aliphatic heterocycles. The van der Waals surface area contributed by atoms with Crippen molar-refractivity contribution < 1.29 is 0 Å². The van der Waals surface area contributed by atoms with Gasteiger partial charge in [0.15, 0.2) is 5.43 Å². The van der Waals surface area contributed by atoms with Gasteiger partial charge in [-0.15, -0.1) is 23.2 Å². The van der Waals surface area contributed by atoms with E-state index in [1.54, 1.807) is 0 Å². The molecule has 1 fully saturated rings. The minimum atomic E-state index is 0.109. The van der Waals surface area contributed by atoms with E-state index in [1.807, 2.05) is 36.1 Å². The number of benzene rings is 1. The van der Waals surface area contributed by atoms with Crippen molar-refractivity contribution in [1.82, 2.24) is 4.57 Å². The molecule has 2 aromatic rings. The Bertz CT molecular complexity index is 738. The van der Waals surface area contributed by atoms with Gasteiger partial charge < -0.3 is 4.57 Å². The molecule has 2 nitrogen and oxygen atoms in total. The molecule has 0 radical (unpaired) electrons. The maximum atomic E-state index is 12.8. The van der Waals surface area contributed by atoms with E-state index in [-0.39, 0.29) is 16.7 Å². The van der Waals surface area contributed by atoms with Crippen LogP contribution >= 0.6 is 23.2 Å². The van der Waals surface area contributed by atoms with E-state index >= 15 is 0 Å². The first-order chi connectivity index (χ1) is 10.6. The lowest BCUT2D eigenvalue weighted by Gasteiger charge is -2.09. The van der Waals surface area contributed by atoms with Crippen LogP contribution in [-0.2, 0) is 13.5 Å². The van der Waals surface area contributed by atoms with Crippen LogP contribution < -0.4 is 5.43 Å². The molecule has 1 saturated carbocycles. The highest BCUT2D eigenvalue weighted by Gasteiger charge is 2.38. The van der Waals surface area contributed by atoms with Crippen molar-refractivity contribution in [3.05, 3.63) is 58.0 Å². The summed E-state index contributed by atoms with van der Waals surface area (Å²) in [6.07, 6.45) is 6.59. The average molecular weight is 336 g/mol. The summed E-state index contributed by atoms with van der Waals surface area (Å²) in [6, 6.07) is 8.18. The standard InChI is InChI=1S/C18H19Cl2NO/c1-21-10-15(18(22)16(11-21)14-9-17(14)20)13-6-2-4-12(8-13)5-3-7-19/h2,4,6,8,10-11,14,17H,3,5,7,9H2,1H3. The molecule has 4 heteroatoms. The predicted octanol–water partition coefficient (Wildman–Crippen LogP) is 4.32. The number of alkyl halides is 2. The van der Waals surface area contributed by atoms with Crippen molar-refractivity contribution in [2.45, 2.75) is 30.6 Å². The first kappa shape index (κ1) is 15.6. The van der Waals surface area contributed by atoms with E-state index in [2.05, 4.69) is 12.1 Å². The molecule has 0 spiro atoms. The van der Waals surface area contributed by atoms with Crippen molar-refractivity contribution in [2.75, 3.05) is 5.88 Å². The molecule has 1 heterocycles. The summed E-state index contributed by atoms with van der Waals surface area (Å²) in [7, 11) is 1.95. The summed E-state index contributed by atoms with van der Waals surface area (Å²) in [6.45, 7) is 0. The third kappa shape index (κ3) is 3.23. The fraction of sp³-hybridized carbons (Fsp3) is 0.389. The van der Waals surface area contributed by atoms with Gasteiger partial charge >= 0.3 is 0 Å². The molecule has 1 aliphatic rings. The van der Waals surface area contributed by atoms with E-state index < -0.39 is 0 Å². The van der Waals surface area contributed by atoms with Gasteiger partial charge in [-0.1, -0.05) is 24.3 Å². The summed E-state index contributed by atoms with van der Waals surface area (Å²) in [5.74, 6) is 0.861. The van der Waals surface area contributed by atoms with Crippen LogP contribution in [0.1, 0.15) is 29.9 Å². The average Bonchev–Trinajstić information content (AvgIpc) is 3.24. The summed E-state index contributed by atoms with van der Waals surface area (Å²) in [5, 5.41) is 0.109. The Labute approximate surface area is 140 Å². The minimum absolute atomic E-state index is 0.109. The molecule has 0 N–H and O–H groups in total. The van der Waals surface area contributed by atoms with Gasteiger partial charge in [-0.3, -0.25) is 4.79 Å². The Hall–Kier alpha value is -1.25. The Morgan fingerprint density at radius 3 is 2.77 bits per heavy atom. The molecule has 1 aromatic heterocycles. The zero-order valence-electron chi connectivity index (χ0n) is 12.6. The number of hydrogen-bond donors (Lipinski definition) is 0. The maximum absolute atomic E-state index is 12.8. The lowest BCUT2D eigenvalue weighted by Crippen LogP contribution is -2.14. The third-order valence-electron chi connectivity index (χ3n) is 4.13. The second kappa shape index (κ2) is 6.47.